The maximum Gasteiger partial charge on any atom is 0.307 e. The zero-order valence-electron chi connectivity index (χ0n) is 8.83. The molecule has 0 radical (unpaired) electrons. The number of thiazole rings is 1. The Morgan fingerprint density at radius 2 is 2.38 bits per heavy atom. The van der Waals surface area contributed by atoms with Gasteiger partial charge >= 0.3 is 4.87 Å². The third-order valence-electron chi connectivity index (χ3n) is 2.73. The van der Waals surface area contributed by atoms with Crippen molar-refractivity contribution in [1.82, 2.24) is 24.8 Å². The lowest BCUT2D eigenvalue weighted by Gasteiger charge is -2.04. The van der Waals surface area contributed by atoms with E-state index in [1.165, 1.54) is 11.3 Å². The Hall–Kier alpha value is -1.50. The van der Waals surface area contributed by atoms with Crippen molar-refractivity contribution in [2.24, 2.45) is 0 Å². The highest BCUT2D eigenvalue weighted by Crippen LogP contribution is 2.34. The lowest BCUT2D eigenvalue weighted by molar-refractivity contribution is 0.562. The quantitative estimate of drug-likeness (QED) is 0.783. The summed E-state index contributed by atoms with van der Waals surface area (Å²) in [6.45, 7) is 2.39. The number of aryl methyl sites for hydroxylation is 1. The molecule has 1 fully saturated rings. The van der Waals surface area contributed by atoms with Gasteiger partial charge < -0.3 is 0 Å². The second kappa shape index (κ2) is 3.51. The number of hydrogen-bond donors (Lipinski definition) is 0. The molecule has 0 amide bonds. The largest absolute Gasteiger partial charge is 0.307 e. The van der Waals surface area contributed by atoms with Crippen LogP contribution in [0, 0.1) is 6.92 Å². The average molecular weight is 237 g/mol. The zero-order valence-corrected chi connectivity index (χ0v) is 9.65. The van der Waals surface area contributed by atoms with Crippen LogP contribution in [0.1, 0.15) is 30.4 Å². The molecule has 0 saturated heterocycles. The summed E-state index contributed by atoms with van der Waals surface area (Å²) in [5.74, 6) is 0.770. The van der Waals surface area contributed by atoms with Crippen LogP contribution in [-0.4, -0.2) is 24.8 Å². The highest BCUT2D eigenvalue weighted by molar-refractivity contribution is 7.07. The van der Waals surface area contributed by atoms with E-state index >= 15 is 0 Å². The smallest absolute Gasteiger partial charge is 0.296 e. The highest BCUT2D eigenvalue weighted by Gasteiger charge is 2.27. The van der Waals surface area contributed by atoms with Crippen LogP contribution in [0.3, 0.4) is 0 Å². The fraction of sp³-hybridized carbons (Fsp3) is 0.556. The molecule has 1 aliphatic rings. The molecule has 6 nitrogen and oxygen atoms in total. The van der Waals surface area contributed by atoms with Gasteiger partial charge in [-0.2, -0.15) is 0 Å². The first kappa shape index (κ1) is 9.71. The van der Waals surface area contributed by atoms with Gasteiger partial charge in [0.1, 0.15) is 0 Å². The van der Waals surface area contributed by atoms with Gasteiger partial charge in [-0.15, -0.1) is 5.10 Å². The Balaban J connectivity index is 1.94. The standard InChI is InChI=1S/C9H11N5OS/c1-6-5-16-9(15)13(6)4-8-10-11-12-14(8)7-2-3-7/h5,7H,2-4H2,1H3. The van der Waals surface area contributed by atoms with Gasteiger partial charge in [0.15, 0.2) is 5.82 Å². The Morgan fingerprint density at radius 1 is 1.56 bits per heavy atom. The summed E-state index contributed by atoms with van der Waals surface area (Å²) in [6.07, 6.45) is 2.27. The summed E-state index contributed by atoms with van der Waals surface area (Å²) < 4.78 is 3.54. The van der Waals surface area contributed by atoms with E-state index in [-0.39, 0.29) is 4.87 Å². The molecule has 2 aromatic heterocycles. The second-order valence-electron chi connectivity index (χ2n) is 4.00. The molecule has 0 bridgehead atoms. The maximum absolute atomic E-state index is 11.6. The van der Waals surface area contributed by atoms with Crippen molar-refractivity contribution in [3.63, 3.8) is 0 Å². The minimum absolute atomic E-state index is 0.0443. The van der Waals surface area contributed by atoms with Crippen molar-refractivity contribution < 1.29 is 0 Å². The Labute approximate surface area is 95.5 Å². The molecular formula is C9H11N5OS. The predicted molar refractivity (Wildman–Crippen MR) is 58.5 cm³/mol. The normalized spacial score (nSPS) is 15.6. The lowest BCUT2D eigenvalue weighted by Crippen LogP contribution is -2.18. The van der Waals surface area contributed by atoms with Gasteiger partial charge in [0, 0.05) is 11.1 Å². The van der Waals surface area contributed by atoms with E-state index in [2.05, 4.69) is 15.5 Å². The first-order chi connectivity index (χ1) is 7.75. The summed E-state index contributed by atoms with van der Waals surface area (Å²) in [5.41, 5.74) is 0.959. The van der Waals surface area contributed by atoms with E-state index in [0.29, 0.717) is 12.6 Å². The fourth-order valence-corrected chi connectivity index (χ4v) is 2.39. The van der Waals surface area contributed by atoms with E-state index in [0.717, 1.165) is 24.4 Å². The fourth-order valence-electron chi connectivity index (χ4n) is 1.66. The Bertz CT molecular complexity index is 564. The molecule has 0 unspecified atom stereocenters. The molecule has 1 aliphatic carbocycles. The molecule has 0 aliphatic heterocycles. The van der Waals surface area contributed by atoms with Gasteiger partial charge in [0.25, 0.3) is 0 Å². The van der Waals surface area contributed by atoms with Crippen molar-refractivity contribution >= 4 is 11.3 Å². The molecule has 3 rings (SSSR count). The van der Waals surface area contributed by atoms with E-state index < -0.39 is 0 Å². The summed E-state index contributed by atoms with van der Waals surface area (Å²) in [6, 6.07) is 0.444. The molecule has 0 aromatic carbocycles. The SMILES string of the molecule is Cc1csc(=O)n1Cc1nnnn1C1CC1. The van der Waals surface area contributed by atoms with E-state index in [1.54, 1.807) is 4.57 Å². The van der Waals surface area contributed by atoms with E-state index in [9.17, 15) is 4.79 Å². The van der Waals surface area contributed by atoms with Crippen LogP contribution < -0.4 is 4.87 Å². The van der Waals surface area contributed by atoms with Crippen LogP contribution in [0.4, 0.5) is 0 Å². The maximum atomic E-state index is 11.6. The van der Waals surface area contributed by atoms with Crippen molar-refractivity contribution in [3.05, 3.63) is 26.6 Å². The molecule has 0 N–H and O–H groups in total. The lowest BCUT2D eigenvalue weighted by atomic mass is 10.5. The molecule has 0 atom stereocenters. The monoisotopic (exact) mass is 237 g/mol. The Kier molecular flexibility index (Phi) is 2.13. The molecule has 1 saturated carbocycles. The predicted octanol–water partition coefficient (Wildman–Crippen LogP) is 0.588. The van der Waals surface area contributed by atoms with Crippen LogP contribution in [0.5, 0.6) is 0 Å². The number of tetrazole rings is 1. The van der Waals surface area contributed by atoms with Gasteiger partial charge in [-0.05, 0) is 30.2 Å². The van der Waals surface area contributed by atoms with E-state index in [1.807, 2.05) is 17.0 Å². The van der Waals surface area contributed by atoms with Gasteiger partial charge in [-0.1, -0.05) is 11.3 Å². The summed E-state index contributed by atoms with van der Waals surface area (Å²) in [7, 11) is 0. The summed E-state index contributed by atoms with van der Waals surface area (Å²) in [4.78, 5) is 11.6. The van der Waals surface area contributed by atoms with Crippen molar-refractivity contribution in [2.75, 3.05) is 0 Å². The molecule has 2 heterocycles. The second-order valence-corrected chi connectivity index (χ2v) is 4.82. The number of aromatic nitrogens is 5. The van der Waals surface area contributed by atoms with Gasteiger partial charge in [-0.25, -0.2) is 4.68 Å². The van der Waals surface area contributed by atoms with Crippen LogP contribution in [0.2, 0.25) is 0 Å². The minimum atomic E-state index is 0.0443. The minimum Gasteiger partial charge on any atom is -0.296 e. The van der Waals surface area contributed by atoms with Crippen LogP contribution in [0.25, 0.3) is 0 Å². The Morgan fingerprint density at radius 3 is 3.00 bits per heavy atom. The molecule has 7 heteroatoms. The van der Waals surface area contributed by atoms with E-state index in [4.69, 9.17) is 0 Å². The van der Waals surface area contributed by atoms with Gasteiger partial charge in [0.05, 0.1) is 12.6 Å². The molecule has 16 heavy (non-hydrogen) atoms. The van der Waals surface area contributed by atoms with Gasteiger partial charge in [-0.3, -0.25) is 9.36 Å². The third kappa shape index (κ3) is 1.57. The molecule has 0 spiro atoms. The summed E-state index contributed by atoms with van der Waals surface area (Å²) >= 11 is 1.21. The molecule has 84 valence electrons. The average Bonchev–Trinajstić information content (AvgIpc) is 2.94. The first-order valence-corrected chi connectivity index (χ1v) is 6.05. The highest BCUT2D eigenvalue weighted by atomic mass is 32.1. The topological polar surface area (TPSA) is 65.6 Å². The zero-order chi connectivity index (χ0) is 11.1. The summed E-state index contributed by atoms with van der Waals surface area (Å²) in [5, 5.41) is 13.5. The molecular weight excluding hydrogens is 226 g/mol. The van der Waals surface area contributed by atoms with Crippen LogP contribution >= 0.6 is 11.3 Å². The van der Waals surface area contributed by atoms with Crippen LogP contribution in [0.15, 0.2) is 10.2 Å². The number of rotatable bonds is 3. The van der Waals surface area contributed by atoms with Crippen molar-refractivity contribution in [2.45, 2.75) is 32.4 Å². The first-order valence-electron chi connectivity index (χ1n) is 5.17. The van der Waals surface area contributed by atoms with Crippen molar-refractivity contribution in [1.29, 1.82) is 0 Å². The third-order valence-corrected chi connectivity index (χ3v) is 3.61. The van der Waals surface area contributed by atoms with Gasteiger partial charge in [0.2, 0.25) is 0 Å². The molecule has 2 aromatic rings. The van der Waals surface area contributed by atoms with Crippen LogP contribution in [-0.2, 0) is 6.54 Å². The van der Waals surface area contributed by atoms with Crippen molar-refractivity contribution in [3.8, 4) is 0 Å². The number of nitrogens with zero attached hydrogens (tertiary/aromatic N) is 5. The number of hydrogen-bond acceptors (Lipinski definition) is 5.